The summed E-state index contributed by atoms with van der Waals surface area (Å²) in [6.07, 6.45) is 2.63. The molecule has 178 valence electrons. The predicted molar refractivity (Wildman–Crippen MR) is 121 cm³/mol. The number of carbonyl (C=O) groups is 1. The topological polar surface area (TPSA) is 136 Å². The molecule has 11 heteroatoms. The number of ether oxygens (including phenoxy) is 2. The van der Waals surface area contributed by atoms with Crippen molar-refractivity contribution in [1.29, 1.82) is 0 Å². The van der Waals surface area contributed by atoms with Gasteiger partial charge in [-0.25, -0.2) is 15.0 Å². The Balaban J connectivity index is 1.38. The second-order valence-electron chi connectivity index (χ2n) is 8.48. The summed E-state index contributed by atoms with van der Waals surface area (Å²) in [5.74, 6) is 0.188. The Bertz CT molecular complexity index is 1190. The Morgan fingerprint density at radius 2 is 2.00 bits per heavy atom. The fourth-order valence-corrected chi connectivity index (χ4v) is 4.24. The third kappa shape index (κ3) is 4.13. The van der Waals surface area contributed by atoms with E-state index in [1.165, 1.54) is 4.90 Å². The molecule has 34 heavy (non-hydrogen) atoms. The average molecular weight is 466 g/mol. The van der Waals surface area contributed by atoms with E-state index in [-0.39, 0.29) is 24.3 Å². The Morgan fingerprint density at radius 1 is 1.21 bits per heavy atom. The summed E-state index contributed by atoms with van der Waals surface area (Å²) in [4.78, 5) is 27.5. The highest BCUT2D eigenvalue weighted by atomic mass is 16.5. The van der Waals surface area contributed by atoms with Crippen molar-refractivity contribution in [2.75, 3.05) is 39.2 Å². The van der Waals surface area contributed by atoms with Crippen molar-refractivity contribution < 1.29 is 23.9 Å². The summed E-state index contributed by atoms with van der Waals surface area (Å²) in [6, 6.07) is 8.84. The molecule has 1 amide bonds. The van der Waals surface area contributed by atoms with Crippen molar-refractivity contribution in [3.8, 4) is 22.8 Å². The number of nitrogens with one attached hydrogen (secondary N) is 1. The number of carbonyl (C=O) groups excluding carboxylic acids is 1. The molecule has 0 radical (unpaired) electrons. The molecule has 3 atom stereocenters. The van der Waals surface area contributed by atoms with Gasteiger partial charge in [-0.3, -0.25) is 4.79 Å². The molecule has 0 spiro atoms. The van der Waals surface area contributed by atoms with E-state index >= 15 is 0 Å². The molecule has 3 aromatic heterocycles. The molecular weight excluding hydrogens is 440 g/mol. The molecule has 2 aliphatic heterocycles. The molecule has 0 unspecified atom stereocenters. The van der Waals surface area contributed by atoms with Crippen LogP contribution < -0.4 is 5.32 Å². The highest BCUT2D eigenvalue weighted by molar-refractivity contribution is 5.87. The summed E-state index contributed by atoms with van der Waals surface area (Å²) in [5, 5.41) is 18.2. The molecule has 2 saturated heterocycles. The minimum absolute atomic E-state index is 0.0463. The first-order chi connectivity index (χ1) is 16.5. The van der Waals surface area contributed by atoms with Gasteiger partial charge in [0.25, 0.3) is 5.91 Å². The van der Waals surface area contributed by atoms with E-state index in [1.54, 1.807) is 38.6 Å². The average Bonchev–Trinajstić information content (AvgIpc) is 3.47. The van der Waals surface area contributed by atoms with E-state index in [0.29, 0.717) is 48.5 Å². The first-order valence-electron chi connectivity index (χ1n) is 11.1. The van der Waals surface area contributed by atoms with Crippen LogP contribution in [0.2, 0.25) is 0 Å². The molecule has 11 nitrogen and oxygen atoms in total. The predicted octanol–water partition coefficient (Wildman–Crippen LogP) is 1.46. The Kier molecular flexibility index (Phi) is 5.98. The first-order valence-corrected chi connectivity index (χ1v) is 11.1. The van der Waals surface area contributed by atoms with E-state index in [9.17, 15) is 9.90 Å². The van der Waals surface area contributed by atoms with Gasteiger partial charge in [-0.05, 0) is 24.6 Å². The van der Waals surface area contributed by atoms with Crippen LogP contribution in [0.1, 0.15) is 18.6 Å². The summed E-state index contributed by atoms with van der Waals surface area (Å²) in [7, 11) is 3.31. The zero-order valence-electron chi connectivity index (χ0n) is 19.0. The van der Waals surface area contributed by atoms with Gasteiger partial charge in [0.05, 0.1) is 29.7 Å². The van der Waals surface area contributed by atoms with E-state index < -0.39 is 11.5 Å². The normalized spacial score (nSPS) is 25.0. The lowest BCUT2D eigenvalue weighted by molar-refractivity contribution is -0.144. The van der Waals surface area contributed by atoms with Crippen molar-refractivity contribution in [1.82, 2.24) is 25.0 Å². The van der Waals surface area contributed by atoms with Crippen molar-refractivity contribution in [2.24, 2.45) is 0 Å². The molecule has 5 heterocycles. The number of aromatic nitrogens is 4. The third-order valence-electron chi connectivity index (χ3n) is 6.28. The molecule has 2 N–H and O–H groups in total. The number of likely N-dealkylation sites (N-methyl/N-ethyl adjacent to an activating group) is 1. The molecule has 2 fully saturated rings. The Morgan fingerprint density at radius 3 is 2.76 bits per heavy atom. The molecule has 2 aliphatic rings. The zero-order valence-corrected chi connectivity index (χ0v) is 19.0. The van der Waals surface area contributed by atoms with Gasteiger partial charge in [-0.2, -0.15) is 0 Å². The maximum Gasteiger partial charge on any atom is 0.262 e. The van der Waals surface area contributed by atoms with Gasteiger partial charge >= 0.3 is 0 Å². The van der Waals surface area contributed by atoms with Crippen molar-refractivity contribution in [3.05, 3.63) is 42.3 Å². The van der Waals surface area contributed by atoms with Gasteiger partial charge in [-0.15, -0.1) is 0 Å². The molecule has 0 saturated carbocycles. The van der Waals surface area contributed by atoms with Crippen LogP contribution in [-0.2, 0) is 19.9 Å². The molecule has 5 rings (SSSR count). The minimum atomic E-state index is -1.70. The van der Waals surface area contributed by atoms with E-state index in [4.69, 9.17) is 14.0 Å². The van der Waals surface area contributed by atoms with Gasteiger partial charge in [0, 0.05) is 46.0 Å². The van der Waals surface area contributed by atoms with Crippen LogP contribution in [0.3, 0.4) is 0 Å². The Labute approximate surface area is 196 Å². The SMILES string of the molecule is CO[C@H]1COCC[C@@H]1Nc1nccc(-c2cccc(-c3cc([C@]4(O)CCN(C)C4=O)on3)n2)n1. The maximum atomic E-state index is 12.4. The van der Waals surface area contributed by atoms with Gasteiger partial charge in [0.2, 0.25) is 11.5 Å². The first kappa shape index (κ1) is 22.4. The number of hydrogen-bond acceptors (Lipinski definition) is 10. The lowest BCUT2D eigenvalue weighted by Crippen LogP contribution is -2.43. The molecule has 3 aromatic rings. The number of rotatable bonds is 6. The van der Waals surface area contributed by atoms with Gasteiger partial charge in [0.15, 0.2) is 5.76 Å². The number of pyridine rings is 1. The lowest BCUT2D eigenvalue weighted by Gasteiger charge is -2.30. The number of anilines is 1. The fourth-order valence-electron chi connectivity index (χ4n) is 4.24. The van der Waals surface area contributed by atoms with Crippen molar-refractivity contribution in [2.45, 2.75) is 30.6 Å². The molecular formula is C23H26N6O5. The largest absolute Gasteiger partial charge is 0.379 e. The van der Waals surface area contributed by atoms with Gasteiger partial charge in [-0.1, -0.05) is 11.2 Å². The van der Waals surface area contributed by atoms with Crippen molar-refractivity contribution in [3.63, 3.8) is 0 Å². The van der Waals surface area contributed by atoms with E-state index in [2.05, 4.69) is 25.4 Å². The second-order valence-corrected chi connectivity index (χ2v) is 8.48. The number of aliphatic hydroxyl groups is 1. The zero-order chi connectivity index (χ0) is 23.7. The quantitative estimate of drug-likeness (QED) is 0.549. The van der Waals surface area contributed by atoms with Crippen molar-refractivity contribution >= 4 is 11.9 Å². The third-order valence-corrected chi connectivity index (χ3v) is 6.28. The summed E-state index contributed by atoms with van der Waals surface area (Å²) in [5.41, 5.74) is 0.514. The van der Waals surface area contributed by atoms with Crippen LogP contribution in [0.5, 0.6) is 0 Å². The van der Waals surface area contributed by atoms with Crippen LogP contribution in [0, 0.1) is 0 Å². The Hall–Kier alpha value is -3.41. The number of hydrogen-bond donors (Lipinski definition) is 2. The highest BCUT2D eigenvalue weighted by Gasteiger charge is 2.48. The van der Waals surface area contributed by atoms with Crippen LogP contribution in [-0.4, -0.2) is 82.1 Å². The molecule has 0 aromatic carbocycles. The standard InChI is InChI=1S/C23H26N6O5/c1-29-10-8-23(31,21(29)30)20-12-18(28-34-20)15-5-3-4-14(25-15)16-6-9-24-22(26-16)27-17-7-11-33-13-19(17)32-2/h3-6,9,12,17,19,31H,7-8,10-11,13H2,1-2H3,(H,24,26,27)/t17-,19-,23+/m0/s1. The number of nitrogens with zero attached hydrogens (tertiary/aromatic N) is 5. The number of likely N-dealkylation sites (tertiary alicyclic amines) is 1. The van der Waals surface area contributed by atoms with Crippen LogP contribution >= 0.6 is 0 Å². The molecule has 0 bridgehead atoms. The van der Waals surface area contributed by atoms with Crippen LogP contribution in [0.25, 0.3) is 22.8 Å². The smallest absolute Gasteiger partial charge is 0.262 e. The lowest BCUT2D eigenvalue weighted by atomic mass is 9.98. The summed E-state index contributed by atoms with van der Waals surface area (Å²) < 4.78 is 16.3. The second kappa shape index (κ2) is 9.09. The van der Waals surface area contributed by atoms with Gasteiger partial charge in [0.1, 0.15) is 11.8 Å². The monoisotopic (exact) mass is 466 g/mol. The van der Waals surface area contributed by atoms with E-state index in [1.807, 2.05) is 12.1 Å². The summed E-state index contributed by atoms with van der Waals surface area (Å²) in [6.45, 7) is 1.62. The van der Waals surface area contributed by atoms with Gasteiger partial charge < -0.3 is 29.3 Å². The van der Waals surface area contributed by atoms with Crippen LogP contribution in [0.4, 0.5) is 5.95 Å². The fraction of sp³-hybridized carbons (Fsp3) is 0.435. The number of amides is 1. The maximum absolute atomic E-state index is 12.4. The molecule has 0 aliphatic carbocycles. The minimum Gasteiger partial charge on any atom is -0.379 e. The number of methoxy groups -OCH3 is 1. The summed E-state index contributed by atoms with van der Waals surface area (Å²) >= 11 is 0. The van der Waals surface area contributed by atoms with Crippen LogP contribution in [0.15, 0.2) is 41.1 Å². The van der Waals surface area contributed by atoms with E-state index in [0.717, 1.165) is 6.42 Å². The highest BCUT2D eigenvalue weighted by Crippen LogP contribution is 2.34.